The van der Waals surface area contributed by atoms with Crippen molar-refractivity contribution >= 4 is 11.8 Å². The summed E-state index contributed by atoms with van der Waals surface area (Å²) in [6, 6.07) is 0. The average Bonchev–Trinajstić information content (AvgIpc) is 1.91. The summed E-state index contributed by atoms with van der Waals surface area (Å²) in [6.45, 7) is 8.10. The Balaban J connectivity index is -0.000000140. The van der Waals surface area contributed by atoms with E-state index in [0.717, 1.165) is 6.42 Å². The molecular formula is C8H15KNS-. The Morgan fingerprint density at radius 3 is 2.27 bits per heavy atom. The van der Waals surface area contributed by atoms with Crippen LogP contribution >= 0.6 is 11.8 Å². The summed E-state index contributed by atoms with van der Waals surface area (Å²) in [5.74, 6) is 1.22. The van der Waals surface area contributed by atoms with Gasteiger partial charge in [-0.3, -0.25) is 0 Å². The van der Waals surface area contributed by atoms with Gasteiger partial charge in [0.05, 0.1) is 0 Å². The van der Waals surface area contributed by atoms with Gasteiger partial charge in [0.15, 0.2) is 0 Å². The molecule has 0 amide bonds. The molecule has 0 aromatic carbocycles. The maximum atomic E-state index is 6.77. The first kappa shape index (κ1) is 18.3. The van der Waals surface area contributed by atoms with Gasteiger partial charge in [0.25, 0.3) is 0 Å². The van der Waals surface area contributed by atoms with Crippen LogP contribution in [-0.2, 0) is 0 Å². The Hall–Kier alpha value is 1.47. The molecule has 0 atom stereocenters. The van der Waals surface area contributed by atoms with Gasteiger partial charge in [0, 0.05) is 0 Å². The van der Waals surface area contributed by atoms with Crippen molar-refractivity contribution in [2.24, 2.45) is 0 Å². The molecule has 0 heterocycles. The molecule has 60 valence electrons. The van der Waals surface area contributed by atoms with Crippen LogP contribution in [0.3, 0.4) is 0 Å². The predicted molar refractivity (Wildman–Crippen MR) is 50.2 cm³/mol. The van der Waals surface area contributed by atoms with E-state index in [0.29, 0.717) is 6.54 Å². The average molecular weight is 196 g/mol. The Kier molecular flexibility index (Phi) is 37.5. The van der Waals surface area contributed by atoms with E-state index in [1.54, 1.807) is 0 Å². The molecule has 1 N–H and O–H groups in total. The van der Waals surface area contributed by atoms with Crippen molar-refractivity contribution in [3.8, 4) is 0 Å². The van der Waals surface area contributed by atoms with E-state index in [4.69, 9.17) is 5.73 Å². The zero-order valence-corrected chi connectivity index (χ0v) is 11.5. The molecule has 0 aliphatic heterocycles. The fraction of sp³-hybridized carbons (Fsp3) is 0.625. The van der Waals surface area contributed by atoms with E-state index >= 15 is 0 Å². The number of thioether (sulfide) groups is 1. The quantitative estimate of drug-likeness (QED) is 0.268. The molecule has 0 unspecified atom stereocenters. The number of hydrogen-bond acceptors (Lipinski definition) is 1. The van der Waals surface area contributed by atoms with Crippen LogP contribution in [0.25, 0.3) is 5.73 Å². The van der Waals surface area contributed by atoms with Crippen LogP contribution in [0.2, 0.25) is 0 Å². The minimum absolute atomic E-state index is 0. The van der Waals surface area contributed by atoms with Crippen LogP contribution in [0.15, 0.2) is 12.3 Å². The molecular weight excluding hydrogens is 181 g/mol. The van der Waals surface area contributed by atoms with E-state index in [2.05, 4.69) is 19.4 Å². The van der Waals surface area contributed by atoms with Crippen molar-refractivity contribution in [3.05, 3.63) is 24.6 Å². The molecule has 11 heavy (non-hydrogen) atoms. The van der Waals surface area contributed by atoms with Crippen LogP contribution < -0.4 is 51.4 Å². The van der Waals surface area contributed by atoms with Crippen molar-refractivity contribution in [2.75, 3.05) is 18.6 Å². The zero-order valence-electron chi connectivity index (χ0n) is 7.52. The molecule has 0 bridgehead atoms. The van der Waals surface area contributed by atoms with Gasteiger partial charge in [-0.05, 0) is 18.4 Å². The van der Waals surface area contributed by atoms with Crippen LogP contribution in [0.1, 0.15) is 12.8 Å². The van der Waals surface area contributed by atoms with Crippen LogP contribution in [0, 0.1) is 6.58 Å². The number of hydrogen-bond donors (Lipinski definition) is 0. The summed E-state index contributed by atoms with van der Waals surface area (Å²) in [4.78, 5) is 0. The largest absolute Gasteiger partial charge is 1.00 e. The third-order valence-electron chi connectivity index (χ3n) is 0.775. The topological polar surface area (TPSA) is 23.8 Å². The second kappa shape index (κ2) is 22.5. The van der Waals surface area contributed by atoms with Crippen LogP contribution in [-0.4, -0.2) is 18.6 Å². The summed E-state index contributed by atoms with van der Waals surface area (Å²) < 4.78 is 0. The molecule has 0 aliphatic rings. The first-order chi connectivity index (χ1) is 4.83. The minimum Gasteiger partial charge on any atom is -0.677 e. The number of rotatable bonds is 4. The van der Waals surface area contributed by atoms with E-state index in [9.17, 15) is 0 Å². The molecule has 0 radical (unpaired) electrons. The Bertz CT molecular complexity index is 76.2. The summed E-state index contributed by atoms with van der Waals surface area (Å²) >= 11 is 1.86. The van der Waals surface area contributed by atoms with Gasteiger partial charge in [0.2, 0.25) is 0 Å². The van der Waals surface area contributed by atoms with Crippen molar-refractivity contribution in [3.63, 3.8) is 0 Å². The van der Waals surface area contributed by atoms with Crippen molar-refractivity contribution in [1.29, 1.82) is 0 Å². The molecule has 0 spiro atoms. The molecule has 0 rings (SSSR count). The van der Waals surface area contributed by atoms with Gasteiger partial charge in [-0.15, -0.1) is 0 Å². The van der Waals surface area contributed by atoms with Crippen LogP contribution in [0.5, 0.6) is 0 Å². The van der Waals surface area contributed by atoms with E-state index in [1.807, 2.05) is 17.5 Å². The summed E-state index contributed by atoms with van der Waals surface area (Å²) in [5, 5.41) is 0. The first-order valence-electron chi connectivity index (χ1n) is 3.19. The zero-order chi connectivity index (χ0) is 8.24. The summed E-state index contributed by atoms with van der Waals surface area (Å²) in [5.41, 5.74) is 8.77. The maximum absolute atomic E-state index is 6.77. The summed E-state index contributed by atoms with van der Waals surface area (Å²) in [7, 11) is 0. The molecule has 0 saturated heterocycles. The van der Waals surface area contributed by atoms with Gasteiger partial charge >= 0.3 is 51.4 Å². The first-order valence-corrected chi connectivity index (χ1v) is 4.59. The SMILES string of the molecule is CSCCCC[NH-].[CH-]=C=C.[K+]. The van der Waals surface area contributed by atoms with E-state index in [1.165, 1.54) is 12.2 Å². The number of nitrogens with one attached hydrogen (secondary N) is 1. The Morgan fingerprint density at radius 1 is 1.55 bits per heavy atom. The Morgan fingerprint density at radius 2 is 2.00 bits per heavy atom. The monoisotopic (exact) mass is 196 g/mol. The summed E-state index contributed by atoms with van der Waals surface area (Å²) in [6.07, 6.45) is 4.38. The molecule has 0 fully saturated rings. The van der Waals surface area contributed by atoms with Gasteiger partial charge in [-0.25, -0.2) is 13.2 Å². The third kappa shape index (κ3) is 34.4. The molecule has 0 aromatic heterocycles. The van der Waals surface area contributed by atoms with E-state index < -0.39 is 0 Å². The van der Waals surface area contributed by atoms with Gasteiger partial charge < -0.3 is 11.5 Å². The van der Waals surface area contributed by atoms with Gasteiger partial charge in [-0.2, -0.15) is 18.3 Å². The molecule has 0 aliphatic carbocycles. The number of unbranched alkanes of at least 4 members (excludes halogenated alkanes) is 1. The molecule has 1 nitrogen and oxygen atoms in total. The maximum Gasteiger partial charge on any atom is 1.00 e. The fourth-order valence-electron chi connectivity index (χ4n) is 0.371. The second-order valence-electron chi connectivity index (χ2n) is 1.65. The van der Waals surface area contributed by atoms with Crippen molar-refractivity contribution in [2.45, 2.75) is 12.8 Å². The van der Waals surface area contributed by atoms with Gasteiger partial charge in [-0.1, -0.05) is 6.42 Å². The third-order valence-corrected chi connectivity index (χ3v) is 1.47. The smallest absolute Gasteiger partial charge is 0.677 e. The second-order valence-corrected chi connectivity index (χ2v) is 2.64. The Labute approximate surface area is 117 Å². The van der Waals surface area contributed by atoms with Crippen LogP contribution in [0.4, 0.5) is 0 Å². The van der Waals surface area contributed by atoms with Crippen molar-refractivity contribution in [1.82, 2.24) is 0 Å². The molecule has 0 aromatic rings. The van der Waals surface area contributed by atoms with E-state index in [-0.39, 0.29) is 51.4 Å². The molecule has 0 saturated carbocycles. The van der Waals surface area contributed by atoms with Gasteiger partial charge in [0.1, 0.15) is 0 Å². The standard InChI is InChI=1S/C5H12NS.C3H3.K/c1-7-5-3-2-4-6;1-3-2;/h6H,2-5H2,1H3;1H,2H2;/q2*-1;+1. The predicted octanol–water partition coefficient (Wildman–Crippen LogP) is -0.0537. The fourth-order valence-corrected chi connectivity index (χ4v) is 0.864. The van der Waals surface area contributed by atoms with Crippen molar-refractivity contribution < 1.29 is 51.4 Å². The minimum atomic E-state index is 0. The molecule has 3 heteroatoms. The normalized spacial score (nSPS) is 6.73.